The number of carboxylic acids is 1. The SMILES string of the molecule is O=C(N[C@H](CCO)C(=O)O)c1ccc(I)cc1. The van der Waals surface area contributed by atoms with E-state index in [9.17, 15) is 9.59 Å². The van der Waals surface area contributed by atoms with Crippen LogP contribution in [0.2, 0.25) is 0 Å². The van der Waals surface area contributed by atoms with Gasteiger partial charge in [0.2, 0.25) is 0 Å². The highest BCUT2D eigenvalue weighted by molar-refractivity contribution is 14.1. The number of carbonyl (C=O) groups excluding carboxylic acids is 1. The first-order valence-corrected chi connectivity index (χ1v) is 6.02. The van der Waals surface area contributed by atoms with Gasteiger partial charge in [-0.3, -0.25) is 4.79 Å². The molecule has 1 aromatic rings. The summed E-state index contributed by atoms with van der Waals surface area (Å²) in [6.07, 6.45) is -0.00849. The van der Waals surface area contributed by atoms with Crippen molar-refractivity contribution in [2.45, 2.75) is 12.5 Å². The van der Waals surface area contributed by atoms with Crippen LogP contribution in [0.25, 0.3) is 0 Å². The maximum absolute atomic E-state index is 11.7. The lowest BCUT2D eigenvalue weighted by Crippen LogP contribution is -2.41. The van der Waals surface area contributed by atoms with Crippen LogP contribution in [0.4, 0.5) is 0 Å². The molecule has 0 saturated heterocycles. The summed E-state index contributed by atoms with van der Waals surface area (Å²) in [4.78, 5) is 22.5. The molecule has 1 atom stereocenters. The van der Waals surface area contributed by atoms with Crippen molar-refractivity contribution in [2.24, 2.45) is 0 Å². The predicted octanol–water partition coefficient (Wildman–Crippen LogP) is 0.857. The lowest BCUT2D eigenvalue weighted by molar-refractivity contribution is -0.139. The molecule has 0 aromatic heterocycles. The number of hydrogen-bond acceptors (Lipinski definition) is 3. The highest BCUT2D eigenvalue weighted by atomic mass is 127. The third-order valence-corrected chi connectivity index (χ3v) is 2.85. The van der Waals surface area contributed by atoms with Crippen molar-refractivity contribution < 1.29 is 19.8 Å². The van der Waals surface area contributed by atoms with E-state index < -0.39 is 17.9 Å². The van der Waals surface area contributed by atoms with Crippen molar-refractivity contribution in [3.63, 3.8) is 0 Å². The van der Waals surface area contributed by atoms with Crippen molar-refractivity contribution in [1.82, 2.24) is 5.32 Å². The summed E-state index contributed by atoms with van der Waals surface area (Å²) in [5.41, 5.74) is 0.398. The molecule has 0 spiro atoms. The number of nitrogens with one attached hydrogen (secondary N) is 1. The first-order valence-electron chi connectivity index (χ1n) is 4.94. The Hall–Kier alpha value is -1.15. The van der Waals surface area contributed by atoms with E-state index in [4.69, 9.17) is 10.2 Å². The molecule has 0 fully saturated rings. The van der Waals surface area contributed by atoms with E-state index in [1.807, 2.05) is 0 Å². The maximum Gasteiger partial charge on any atom is 0.326 e. The molecule has 1 rings (SSSR count). The first kappa shape index (κ1) is 13.9. The Morgan fingerprint density at radius 1 is 1.29 bits per heavy atom. The number of hydrogen-bond donors (Lipinski definition) is 3. The monoisotopic (exact) mass is 349 g/mol. The Morgan fingerprint density at radius 3 is 2.35 bits per heavy atom. The number of aliphatic carboxylic acids is 1. The highest BCUT2D eigenvalue weighted by Gasteiger charge is 2.19. The van der Waals surface area contributed by atoms with E-state index in [-0.39, 0.29) is 13.0 Å². The number of aliphatic hydroxyl groups excluding tert-OH is 1. The number of aliphatic hydroxyl groups is 1. The summed E-state index contributed by atoms with van der Waals surface area (Å²) in [5, 5.41) is 19.9. The van der Waals surface area contributed by atoms with Gasteiger partial charge in [-0.05, 0) is 46.9 Å². The molecule has 5 nitrogen and oxygen atoms in total. The van der Waals surface area contributed by atoms with Crippen molar-refractivity contribution >= 4 is 34.5 Å². The molecule has 17 heavy (non-hydrogen) atoms. The van der Waals surface area contributed by atoms with Gasteiger partial charge < -0.3 is 15.5 Å². The third kappa shape index (κ3) is 4.31. The zero-order valence-corrected chi connectivity index (χ0v) is 11.0. The van der Waals surface area contributed by atoms with E-state index >= 15 is 0 Å². The van der Waals surface area contributed by atoms with Crippen LogP contribution in [0.1, 0.15) is 16.8 Å². The Bertz CT molecular complexity index is 404. The van der Waals surface area contributed by atoms with Gasteiger partial charge in [-0.1, -0.05) is 0 Å². The third-order valence-electron chi connectivity index (χ3n) is 2.13. The van der Waals surface area contributed by atoms with E-state index in [0.717, 1.165) is 3.57 Å². The Labute approximate surface area is 112 Å². The fourth-order valence-corrected chi connectivity index (χ4v) is 1.59. The standard InChI is InChI=1S/C11H12INO4/c12-8-3-1-7(2-4-8)10(15)13-9(5-6-14)11(16)17/h1-4,9,14H,5-6H2,(H,13,15)(H,16,17)/t9-/m1/s1. The molecule has 0 bridgehead atoms. The van der Waals surface area contributed by atoms with Gasteiger partial charge in [0.1, 0.15) is 6.04 Å². The summed E-state index contributed by atoms with van der Waals surface area (Å²) in [6, 6.07) is 5.70. The minimum Gasteiger partial charge on any atom is -0.480 e. The number of amides is 1. The molecule has 92 valence electrons. The quantitative estimate of drug-likeness (QED) is 0.688. The average molecular weight is 349 g/mol. The zero-order chi connectivity index (χ0) is 12.8. The molecule has 0 saturated carbocycles. The smallest absolute Gasteiger partial charge is 0.326 e. The minimum absolute atomic E-state index is 0.00849. The largest absolute Gasteiger partial charge is 0.480 e. The van der Waals surface area contributed by atoms with Gasteiger partial charge in [-0.25, -0.2) is 4.79 Å². The first-order chi connectivity index (χ1) is 8.04. The Morgan fingerprint density at radius 2 is 1.88 bits per heavy atom. The molecule has 6 heteroatoms. The second-order valence-corrected chi connectivity index (χ2v) is 4.63. The molecule has 0 aliphatic rings. The lowest BCUT2D eigenvalue weighted by atomic mass is 10.1. The van der Waals surface area contributed by atoms with Crippen molar-refractivity contribution in [1.29, 1.82) is 0 Å². The normalized spacial score (nSPS) is 11.9. The van der Waals surface area contributed by atoms with Gasteiger partial charge in [-0.2, -0.15) is 0 Å². The van der Waals surface area contributed by atoms with E-state index in [0.29, 0.717) is 5.56 Å². The second-order valence-electron chi connectivity index (χ2n) is 3.38. The van der Waals surface area contributed by atoms with Gasteiger partial charge in [-0.15, -0.1) is 0 Å². The molecule has 0 aliphatic heterocycles. The summed E-state index contributed by atoms with van der Waals surface area (Å²) >= 11 is 2.11. The van der Waals surface area contributed by atoms with Crippen LogP contribution in [0.3, 0.4) is 0 Å². The van der Waals surface area contributed by atoms with Crippen molar-refractivity contribution in [3.05, 3.63) is 33.4 Å². The van der Waals surface area contributed by atoms with Gasteiger partial charge in [0, 0.05) is 22.2 Å². The van der Waals surface area contributed by atoms with Crippen LogP contribution in [0.5, 0.6) is 0 Å². The minimum atomic E-state index is -1.15. The molecule has 1 aromatic carbocycles. The molecule has 1 amide bonds. The Balaban J connectivity index is 2.70. The molecule has 0 heterocycles. The molecular weight excluding hydrogens is 337 g/mol. The molecule has 0 radical (unpaired) electrons. The summed E-state index contributed by atoms with van der Waals surface area (Å²) in [7, 11) is 0. The van der Waals surface area contributed by atoms with Crippen LogP contribution < -0.4 is 5.32 Å². The maximum atomic E-state index is 11.7. The number of rotatable bonds is 5. The fraction of sp³-hybridized carbons (Fsp3) is 0.273. The Kier molecular flexibility index (Phi) is 5.36. The topological polar surface area (TPSA) is 86.6 Å². The summed E-state index contributed by atoms with van der Waals surface area (Å²) < 4.78 is 0.990. The second kappa shape index (κ2) is 6.55. The van der Waals surface area contributed by atoms with E-state index in [2.05, 4.69) is 27.9 Å². The molecule has 0 aliphatic carbocycles. The van der Waals surface area contributed by atoms with Crippen LogP contribution in [0, 0.1) is 3.57 Å². The molecular formula is C11H12INO4. The van der Waals surface area contributed by atoms with Gasteiger partial charge in [0.15, 0.2) is 0 Å². The van der Waals surface area contributed by atoms with Crippen LogP contribution >= 0.6 is 22.6 Å². The van der Waals surface area contributed by atoms with E-state index in [1.54, 1.807) is 24.3 Å². The van der Waals surface area contributed by atoms with E-state index in [1.165, 1.54) is 0 Å². The van der Waals surface area contributed by atoms with Gasteiger partial charge in [0.05, 0.1) is 0 Å². The van der Waals surface area contributed by atoms with Crippen LogP contribution in [0.15, 0.2) is 24.3 Å². The lowest BCUT2D eigenvalue weighted by Gasteiger charge is -2.13. The number of carboxylic acid groups (broad SMARTS) is 1. The molecule has 3 N–H and O–H groups in total. The van der Waals surface area contributed by atoms with Gasteiger partial charge in [0.25, 0.3) is 5.91 Å². The zero-order valence-electron chi connectivity index (χ0n) is 8.89. The number of halogens is 1. The number of benzene rings is 1. The summed E-state index contributed by atoms with van der Waals surface area (Å²) in [5.74, 6) is -1.61. The van der Waals surface area contributed by atoms with Gasteiger partial charge >= 0.3 is 5.97 Å². The van der Waals surface area contributed by atoms with Crippen LogP contribution in [-0.4, -0.2) is 34.7 Å². The number of carbonyl (C=O) groups is 2. The van der Waals surface area contributed by atoms with Crippen molar-refractivity contribution in [2.75, 3.05) is 6.61 Å². The predicted molar refractivity (Wildman–Crippen MR) is 69.8 cm³/mol. The fourth-order valence-electron chi connectivity index (χ4n) is 1.23. The van der Waals surface area contributed by atoms with Crippen molar-refractivity contribution in [3.8, 4) is 0 Å². The average Bonchev–Trinajstić information content (AvgIpc) is 2.29. The highest BCUT2D eigenvalue weighted by Crippen LogP contribution is 2.07. The summed E-state index contributed by atoms with van der Waals surface area (Å²) in [6.45, 7) is -0.288. The molecule has 0 unspecified atom stereocenters. The van der Waals surface area contributed by atoms with Crippen LogP contribution in [-0.2, 0) is 4.79 Å².